The Bertz CT molecular complexity index is 578. The number of imidazole rings is 1. The van der Waals surface area contributed by atoms with Gasteiger partial charge in [0, 0.05) is 44.0 Å². The summed E-state index contributed by atoms with van der Waals surface area (Å²) in [5.74, 6) is 1.87. The summed E-state index contributed by atoms with van der Waals surface area (Å²) in [4.78, 5) is 13.2. The van der Waals surface area contributed by atoms with Crippen molar-refractivity contribution in [3.63, 3.8) is 0 Å². The predicted molar refractivity (Wildman–Crippen MR) is 82.4 cm³/mol. The highest BCUT2D eigenvalue weighted by atomic mass is 15.1. The molecule has 0 spiro atoms. The van der Waals surface area contributed by atoms with E-state index in [1.165, 1.54) is 11.3 Å². The fraction of sp³-hybridized carbons (Fsp3) is 0.533. The standard InChI is InChI=1S/C15H22N6/c1-12-19-14-4-7-16-6-3-13(14)15(20-12)18-5-2-9-21-10-8-17-11-21/h8,10-11,16H,2-7,9H2,1H3,(H,18,19,20). The first-order valence-electron chi connectivity index (χ1n) is 7.59. The number of aryl methyl sites for hydroxylation is 2. The van der Waals surface area contributed by atoms with Gasteiger partial charge < -0.3 is 15.2 Å². The Balaban J connectivity index is 1.63. The van der Waals surface area contributed by atoms with Crippen LogP contribution in [0.25, 0.3) is 0 Å². The van der Waals surface area contributed by atoms with E-state index in [4.69, 9.17) is 0 Å². The molecule has 0 saturated carbocycles. The number of hydrogen-bond donors (Lipinski definition) is 2. The van der Waals surface area contributed by atoms with Crippen LogP contribution in [0.5, 0.6) is 0 Å². The zero-order chi connectivity index (χ0) is 14.5. The van der Waals surface area contributed by atoms with Gasteiger partial charge in [-0.2, -0.15) is 0 Å². The summed E-state index contributed by atoms with van der Waals surface area (Å²) in [5.41, 5.74) is 2.48. The highest BCUT2D eigenvalue weighted by molar-refractivity contribution is 5.47. The summed E-state index contributed by atoms with van der Waals surface area (Å²) in [5, 5.41) is 6.91. The number of rotatable bonds is 5. The molecule has 0 radical (unpaired) electrons. The van der Waals surface area contributed by atoms with Crippen LogP contribution in [0.15, 0.2) is 18.7 Å². The third-order valence-electron chi connectivity index (χ3n) is 3.74. The first kappa shape index (κ1) is 14.0. The molecule has 3 heterocycles. The van der Waals surface area contributed by atoms with Gasteiger partial charge in [0.15, 0.2) is 0 Å². The van der Waals surface area contributed by atoms with Crippen LogP contribution in [0.1, 0.15) is 23.5 Å². The van der Waals surface area contributed by atoms with Gasteiger partial charge in [0.25, 0.3) is 0 Å². The molecule has 0 aliphatic carbocycles. The van der Waals surface area contributed by atoms with Crippen molar-refractivity contribution in [2.24, 2.45) is 0 Å². The summed E-state index contributed by atoms with van der Waals surface area (Å²) in [7, 11) is 0. The minimum atomic E-state index is 0.854. The molecule has 2 N–H and O–H groups in total. The van der Waals surface area contributed by atoms with E-state index in [2.05, 4.69) is 30.2 Å². The van der Waals surface area contributed by atoms with Crippen molar-refractivity contribution < 1.29 is 0 Å². The molecule has 2 aromatic heterocycles. The normalized spacial score (nSPS) is 14.5. The van der Waals surface area contributed by atoms with Gasteiger partial charge in [-0.3, -0.25) is 0 Å². The van der Waals surface area contributed by atoms with Gasteiger partial charge in [-0.25, -0.2) is 15.0 Å². The van der Waals surface area contributed by atoms with E-state index < -0.39 is 0 Å². The Morgan fingerprint density at radius 2 is 2.19 bits per heavy atom. The topological polar surface area (TPSA) is 67.7 Å². The average Bonchev–Trinajstić information content (AvgIpc) is 2.88. The minimum Gasteiger partial charge on any atom is -0.370 e. The molecule has 1 aliphatic heterocycles. The largest absolute Gasteiger partial charge is 0.370 e. The molecule has 1 aliphatic rings. The van der Waals surface area contributed by atoms with Gasteiger partial charge in [-0.15, -0.1) is 0 Å². The zero-order valence-electron chi connectivity index (χ0n) is 12.5. The van der Waals surface area contributed by atoms with Crippen LogP contribution < -0.4 is 10.6 Å². The molecular formula is C15H22N6. The average molecular weight is 286 g/mol. The molecule has 6 nitrogen and oxygen atoms in total. The lowest BCUT2D eigenvalue weighted by molar-refractivity contribution is 0.659. The van der Waals surface area contributed by atoms with E-state index in [1.807, 2.05) is 25.6 Å². The van der Waals surface area contributed by atoms with Gasteiger partial charge >= 0.3 is 0 Å². The van der Waals surface area contributed by atoms with Gasteiger partial charge in [0.05, 0.1) is 12.0 Å². The lowest BCUT2D eigenvalue weighted by Gasteiger charge is -2.13. The lowest BCUT2D eigenvalue weighted by Crippen LogP contribution is -2.16. The molecule has 0 aromatic carbocycles. The van der Waals surface area contributed by atoms with E-state index in [-0.39, 0.29) is 0 Å². The minimum absolute atomic E-state index is 0.854. The molecule has 0 saturated heterocycles. The van der Waals surface area contributed by atoms with Crippen molar-refractivity contribution >= 4 is 5.82 Å². The van der Waals surface area contributed by atoms with Gasteiger partial charge in [-0.1, -0.05) is 0 Å². The first-order chi connectivity index (χ1) is 10.3. The molecule has 2 aromatic rings. The third kappa shape index (κ3) is 3.58. The van der Waals surface area contributed by atoms with Crippen molar-refractivity contribution in [2.75, 3.05) is 25.0 Å². The van der Waals surface area contributed by atoms with E-state index in [0.29, 0.717) is 0 Å². The molecular weight excluding hydrogens is 264 g/mol. The quantitative estimate of drug-likeness (QED) is 0.808. The van der Waals surface area contributed by atoms with Crippen molar-refractivity contribution in [1.29, 1.82) is 0 Å². The Morgan fingerprint density at radius 1 is 1.29 bits per heavy atom. The zero-order valence-corrected chi connectivity index (χ0v) is 12.5. The fourth-order valence-electron chi connectivity index (χ4n) is 2.70. The van der Waals surface area contributed by atoms with Crippen LogP contribution in [0, 0.1) is 6.92 Å². The molecule has 0 amide bonds. The third-order valence-corrected chi connectivity index (χ3v) is 3.74. The molecule has 112 valence electrons. The smallest absolute Gasteiger partial charge is 0.133 e. The van der Waals surface area contributed by atoms with Gasteiger partial charge in [0.2, 0.25) is 0 Å². The second-order valence-corrected chi connectivity index (χ2v) is 5.38. The van der Waals surface area contributed by atoms with Crippen LogP contribution >= 0.6 is 0 Å². The predicted octanol–water partition coefficient (Wildman–Crippen LogP) is 1.17. The summed E-state index contributed by atoms with van der Waals surface area (Å²) >= 11 is 0. The van der Waals surface area contributed by atoms with Crippen LogP contribution in [0.3, 0.4) is 0 Å². The van der Waals surface area contributed by atoms with Gasteiger partial charge in [-0.05, 0) is 26.3 Å². The molecule has 0 fully saturated rings. The molecule has 0 bridgehead atoms. The van der Waals surface area contributed by atoms with E-state index >= 15 is 0 Å². The van der Waals surface area contributed by atoms with Crippen molar-refractivity contribution in [3.05, 3.63) is 35.8 Å². The Kier molecular flexibility index (Phi) is 4.45. The number of hydrogen-bond acceptors (Lipinski definition) is 5. The Labute approximate surface area is 125 Å². The van der Waals surface area contributed by atoms with E-state index in [1.54, 1.807) is 0 Å². The maximum atomic E-state index is 4.60. The fourth-order valence-corrected chi connectivity index (χ4v) is 2.70. The summed E-state index contributed by atoms with van der Waals surface area (Å²) < 4.78 is 2.09. The van der Waals surface area contributed by atoms with Crippen LogP contribution in [-0.4, -0.2) is 39.2 Å². The van der Waals surface area contributed by atoms with Crippen molar-refractivity contribution in [3.8, 4) is 0 Å². The Hall–Kier alpha value is -1.95. The second-order valence-electron chi connectivity index (χ2n) is 5.38. The number of anilines is 1. The number of aromatic nitrogens is 4. The van der Waals surface area contributed by atoms with Crippen LogP contribution in [-0.2, 0) is 19.4 Å². The Morgan fingerprint density at radius 3 is 3.05 bits per heavy atom. The van der Waals surface area contributed by atoms with Crippen LogP contribution in [0.4, 0.5) is 5.82 Å². The maximum absolute atomic E-state index is 4.60. The maximum Gasteiger partial charge on any atom is 0.133 e. The molecule has 21 heavy (non-hydrogen) atoms. The molecule has 3 rings (SSSR count). The number of nitrogens with one attached hydrogen (secondary N) is 2. The van der Waals surface area contributed by atoms with Crippen molar-refractivity contribution in [2.45, 2.75) is 32.7 Å². The number of nitrogens with zero attached hydrogens (tertiary/aromatic N) is 4. The van der Waals surface area contributed by atoms with E-state index in [0.717, 1.165) is 57.1 Å². The summed E-state index contributed by atoms with van der Waals surface area (Å²) in [6.07, 6.45) is 8.70. The lowest BCUT2D eigenvalue weighted by atomic mass is 10.1. The molecule has 0 atom stereocenters. The van der Waals surface area contributed by atoms with Crippen molar-refractivity contribution in [1.82, 2.24) is 24.8 Å². The first-order valence-corrected chi connectivity index (χ1v) is 7.59. The summed E-state index contributed by atoms with van der Waals surface area (Å²) in [6, 6.07) is 0. The second kappa shape index (κ2) is 6.67. The molecule has 0 unspecified atom stereocenters. The highest BCUT2D eigenvalue weighted by Gasteiger charge is 2.15. The van der Waals surface area contributed by atoms with Crippen LogP contribution in [0.2, 0.25) is 0 Å². The number of fused-ring (bicyclic) bond motifs is 1. The van der Waals surface area contributed by atoms with Gasteiger partial charge in [0.1, 0.15) is 11.6 Å². The van der Waals surface area contributed by atoms with E-state index in [9.17, 15) is 0 Å². The molecule has 6 heteroatoms. The summed E-state index contributed by atoms with van der Waals surface area (Å²) in [6.45, 7) is 5.86. The highest BCUT2D eigenvalue weighted by Crippen LogP contribution is 2.19. The SMILES string of the molecule is Cc1nc2c(c(NCCCn3ccnc3)n1)CCNCC2. The monoisotopic (exact) mass is 286 g/mol.